The number of halogens is 6. The van der Waals surface area contributed by atoms with E-state index in [4.69, 9.17) is 4.74 Å². The molecule has 196 valence electrons. The number of benzene rings is 2. The first kappa shape index (κ1) is 27.2. The van der Waals surface area contributed by atoms with Gasteiger partial charge < -0.3 is 9.84 Å². The minimum absolute atomic E-state index is 0.0147. The summed E-state index contributed by atoms with van der Waals surface area (Å²) >= 11 is 0. The standard InChI is InChI=1S/C24H24F6N2O4/c1-12-5-18-19(7-14(3)32(21(33)34)20(18)6-13(12)2)31(22(35)36-4)11-15-8-16(23(25,26)27)10-17(9-15)24(28,29)30/h5-6,8-10,14,19H,7,11H2,1-4H3,(H,33,34)/t14-,19+/m1/s1. The molecule has 0 saturated heterocycles. The highest BCUT2D eigenvalue weighted by atomic mass is 19.4. The second-order valence-electron chi connectivity index (χ2n) is 8.76. The van der Waals surface area contributed by atoms with Crippen LogP contribution in [0.5, 0.6) is 0 Å². The number of amides is 2. The lowest BCUT2D eigenvalue weighted by Gasteiger charge is -2.42. The summed E-state index contributed by atoms with van der Waals surface area (Å²) in [5.41, 5.74) is -1.19. The molecule has 0 unspecified atom stereocenters. The summed E-state index contributed by atoms with van der Waals surface area (Å²) in [5.74, 6) is 0. The van der Waals surface area contributed by atoms with Crippen LogP contribution in [0.15, 0.2) is 30.3 Å². The number of fused-ring (bicyclic) bond motifs is 1. The van der Waals surface area contributed by atoms with Gasteiger partial charge in [0.1, 0.15) is 0 Å². The molecule has 3 rings (SSSR count). The zero-order chi connectivity index (χ0) is 27.2. The normalized spacial score (nSPS) is 18.0. The van der Waals surface area contributed by atoms with Crippen LogP contribution < -0.4 is 4.90 Å². The first-order valence-corrected chi connectivity index (χ1v) is 10.8. The van der Waals surface area contributed by atoms with Crippen LogP contribution in [0.25, 0.3) is 0 Å². The quantitative estimate of drug-likeness (QED) is 0.448. The van der Waals surface area contributed by atoms with Gasteiger partial charge in [-0.2, -0.15) is 26.3 Å². The highest BCUT2D eigenvalue weighted by Gasteiger charge is 2.40. The number of rotatable bonds is 3. The summed E-state index contributed by atoms with van der Waals surface area (Å²) in [6.07, 6.45) is -12.3. The predicted octanol–water partition coefficient (Wildman–Crippen LogP) is 6.93. The van der Waals surface area contributed by atoms with Gasteiger partial charge in [0.25, 0.3) is 0 Å². The molecule has 2 amide bonds. The van der Waals surface area contributed by atoms with Crippen molar-refractivity contribution in [1.29, 1.82) is 0 Å². The maximum atomic E-state index is 13.4. The van der Waals surface area contributed by atoms with Crippen molar-refractivity contribution in [3.8, 4) is 0 Å². The third-order valence-electron chi connectivity index (χ3n) is 6.26. The number of methoxy groups -OCH3 is 1. The van der Waals surface area contributed by atoms with Gasteiger partial charge in [0.05, 0.1) is 30.0 Å². The Labute approximate surface area is 203 Å². The number of hydrogen-bond acceptors (Lipinski definition) is 3. The molecular weight excluding hydrogens is 494 g/mol. The average Bonchev–Trinajstić information content (AvgIpc) is 2.76. The van der Waals surface area contributed by atoms with Gasteiger partial charge in [-0.1, -0.05) is 6.07 Å². The van der Waals surface area contributed by atoms with Crippen molar-refractivity contribution in [3.05, 3.63) is 63.7 Å². The molecule has 1 aliphatic rings. The van der Waals surface area contributed by atoms with Crippen molar-refractivity contribution in [1.82, 2.24) is 4.90 Å². The van der Waals surface area contributed by atoms with E-state index in [0.717, 1.165) is 28.0 Å². The topological polar surface area (TPSA) is 70.1 Å². The number of carboxylic acid groups (broad SMARTS) is 1. The molecule has 36 heavy (non-hydrogen) atoms. The highest BCUT2D eigenvalue weighted by Crippen LogP contribution is 2.43. The zero-order valence-corrected chi connectivity index (χ0v) is 19.8. The van der Waals surface area contributed by atoms with Gasteiger partial charge in [-0.15, -0.1) is 0 Å². The van der Waals surface area contributed by atoms with Crippen LogP contribution in [0.4, 0.5) is 41.6 Å². The van der Waals surface area contributed by atoms with Crippen molar-refractivity contribution in [2.75, 3.05) is 12.0 Å². The van der Waals surface area contributed by atoms with Crippen LogP contribution in [0.3, 0.4) is 0 Å². The lowest BCUT2D eigenvalue weighted by atomic mass is 9.88. The second kappa shape index (κ2) is 9.55. The minimum Gasteiger partial charge on any atom is -0.465 e. The van der Waals surface area contributed by atoms with Gasteiger partial charge in [-0.25, -0.2) is 9.59 Å². The van der Waals surface area contributed by atoms with E-state index in [9.17, 15) is 41.0 Å². The molecular formula is C24H24F6N2O4. The highest BCUT2D eigenvalue weighted by molar-refractivity contribution is 5.89. The summed E-state index contributed by atoms with van der Waals surface area (Å²) in [4.78, 5) is 26.9. The molecule has 0 radical (unpaired) electrons. The summed E-state index contributed by atoms with van der Waals surface area (Å²) in [6.45, 7) is 4.50. The molecule has 0 fully saturated rings. The molecule has 1 aliphatic heterocycles. The Balaban J connectivity index is 2.16. The van der Waals surface area contributed by atoms with Crippen molar-refractivity contribution in [2.45, 2.75) is 58.2 Å². The number of anilines is 1. The molecule has 0 spiro atoms. The van der Waals surface area contributed by atoms with Gasteiger partial charge in [0, 0.05) is 12.6 Å². The van der Waals surface area contributed by atoms with Crippen LogP contribution in [0.2, 0.25) is 0 Å². The first-order chi connectivity index (χ1) is 16.5. The van der Waals surface area contributed by atoms with E-state index in [2.05, 4.69) is 0 Å². The molecule has 1 heterocycles. The van der Waals surface area contributed by atoms with Crippen molar-refractivity contribution >= 4 is 17.9 Å². The maximum Gasteiger partial charge on any atom is 0.416 e. The number of nitrogens with zero attached hydrogens (tertiary/aromatic N) is 2. The lowest BCUT2D eigenvalue weighted by Crippen LogP contribution is -2.47. The molecule has 2 atom stereocenters. The Hall–Kier alpha value is -3.44. The number of alkyl halides is 6. The number of carbonyl (C=O) groups excluding carboxylic acids is 1. The Morgan fingerprint density at radius 2 is 1.53 bits per heavy atom. The monoisotopic (exact) mass is 518 g/mol. The first-order valence-electron chi connectivity index (χ1n) is 10.8. The Morgan fingerprint density at radius 3 is 2.00 bits per heavy atom. The van der Waals surface area contributed by atoms with Crippen molar-refractivity contribution < 1.29 is 45.8 Å². The summed E-state index contributed by atoms with van der Waals surface area (Å²) in [6, 6.07) is 2.90. The van der Waals surface area contributed by atoms with E-state index < -0.39 is 59.9 Å². The molecule has 1 N–H and O–H groups in total. The van der Waals surface area contributed by atoms with E-state index in [-0.39, 0.29) is 18.2 Å². The second-order valence-corrected chi connectivity index (χ2v) is 8.76. The molecule has 12 heteroatoms. The Bertz CT molecular complexity index is 1150. The fourth-order valence-corrected chi connectivity index (χ4v) is 4.40. The maximum absolute atomic E-state index is 13.4. The molecule has 2 aromatic rings. The van der Waals surface area contributed by atoms with E-state index >= 15 is 0 Å². The molecule has 6 nitrogen and oxygen atoms in total. The molecule has 2 aromatic carbocycles. The smallest absolute Gasteiger partial charge is 0.416 e. The Morgan fingerprint density at radius 1 is 1.00 bits per heavy atom. The zero-order valence-electron chi connectivity index (χ0n) is 19.8. The van der Waals surface area contributed by atoms with Crippen LogP contribution in [0.1, 0.15) is 52.8 Å². The number of aryl methyl sites for hydroxylation is 2. The number of carbonyl (C=O) groups is 2. The van der Waals surface area contributed by atoms with E-state index in [0.29, 0.717) is 17.7 Å². The largest absolute Gasteiger partial charge is 0.465 e. The van der Waals surface area contributed by atoms with Crippen LogP contribution in [-0.4, -0.2) is 35.3 Å². The SMILES string of the molecule is COC(=O)N(Cc1cc(C(F)(F)F)cc(C(F)(F)F)c1)[C@H]1C[C@@H](C)N(C(=O)O)c2cc(C)c(C)cc21. The van der Waals surface area contributed by atoms with Gasteiger partial charge in [-0.3, -0.25) is 9.80 Å². The Kier molecular flexibility index (Phi) is 7.20. The van der Waals surface area contributed by atoms with Gasteiger partial charge in [-0.05, 0) is 73.7 Å². The van der Waals surface area contributed by atoms with Crippen molar-refractivity contribution in [2.24, 2.45) is 0 Å². The molecule has 0 bridgehead atoms. The van der Waals surface area contributed by atoms with E-state index in [1.165, 1.54) is 0 Å². The predicted molar refractivity (Wildman–Crippen MR) is 118 cm³/mol. The van der Waals surface area contributed by atoms with Gasteiger partial charge in [0.15, 0.2) is 0 Å². The summed E-state index contributed by atoms with van der Waals surface area (Å²) in [5, 5.41) is 9.75. The third-order valence-corrected chi connectivity index (χ3v) is 6.26. The molecule has 0 aromatic heterocycles. The summed E-state index contributed by atoms with van der Waals surface area (Å²) in [7, 11) is 1.04. The number of ether oxygens (including phenoxy) is 1. The third kappa shape index (κ3) is 5.36. The van der Waals surface area contributed by atoms with Gasteiger partial charge >= 0.3 is 24.5 Å². The minimum atomic E-state index is -5.05. The van der Waals surface area contributed by atoms with Crippen molar-refractivity contribution in [3.63, 3.8) is 0 Å². The molecule has 0 saturated carbocycles. The van der Waals surface area contributed by atoms with E-state index in [1.54, 1.807) is 32.9 Å². The van der Waals surface area contributed by atoms with Crippen LogP contribution in [-0.2, 0) is 23.6 Å². The van der Waals surface area contributed by atoms with Gasteiger partial charge in [0.2, 0.25) is 0 Å². The fraction of sp³-hybridized carbons (Fsp3) is 0.417. The lowest BCUT2D eigenvalue weighted by molar-refractivity contribution is -0.143. The van der Waals surface area contributed by atoms with E-state index in [1.807, 2.05) is 0 Å². The fourth-order valence-electron chi connectivity index (χ4n) is 4.40. The average molecular weight is 518 g/mol. The number of hydrogen-bond donors (Lipinski definition) is 1. The summed E-state index contributed by atoms with van der Waals surface area (Å²) < 4.78 is 85.0. The molecule has 0 aliphatic carbocycles. The van der Waals surface area contributed by atoms with Crippen LogP contribution in [0, 0.1) is 13.8 Å². The van der Waals surface area contributed by atoms with Crippen LogP contribution >= 0.6 is 0 Å².